The predicted molar refractivity (Wildman–Crippen MR) is 95.4 cm³/mol. The predicted octanol–water partition coefficient (Wildman–Crippen LogP) is 3.78. The third-order valence-electron chi connectivity index (χ3n) is 3.81. The summed E-state index contributed by atoms with van der Waals surface area (Å²) >= 11 is 0. The Bertz CT molecular complexity index is 664. The number of hydrogen-bond acceptors (Lipinski definition) is 3. The lowest BCUT2D eigenvalue weighted by Crippen LogP contribution is -2.15. The second-order valence-corrected chi connectivity index (χ2v) is 5.79. The van der Waals surface area contributed by atoms with E-state index in [2.05, 4.69) is 5.32 Å². The number of nitrogens with one attached hydrogen (secondary N) is 1. The summed E-state index contributed by atoms with van der Waals surface area (Å²) < 4.78 is 5.71. The Hall–Kier alpha value is -2.49. The number of hydrogen-bond donors (Lipinski definition) is 1. The Kier molecular flexibility index (Phi) is 5.63. The van der Waals surface area contributed by atoms with Gasteiger partial charge in [0.05, 0.1) is 13.0 Å². The molecule has 0 bridgehead atoms. The largest absolute Gasteiger partial charge is 0.493 e. The molecular formula is C19H24N2O2. The highest BCUT2D eigenvalue weighted by atomic mass is 16.5. The SMILES string of the molecule is Cc1cccc(OCCC(=O)Nc2ccc(N(C)C)cc2)c1C. The summed E-state index contributed by atoms with van der Waals surface area (Å²) in [5, 5.41) is 2.88. The fourth-order valence-corrected chi connectivity index (χ4v) is 2.20. The van der Waals surface area contributed by atoms with E-state index in [-0.39, 0.29) is 5.91 Å². The van der Waals surface area contributed by atoms with Crippen LogP contribution in [0.15, 0.2) is 42.5 Å². The van der Waals surface area contributed by atoms with Crippen LogP contribution in [0.3, 0.4) is 0 Å². The minimum atomic E-state index is -0.0482. The van der Waals surface area contributed by atoms with Gasteiger partial charge >= 0.3 is 0 Å². The molecule has 23 heavy (non-hydrogen) atoms. The molecule has 0 unspecified atom stereocenters. The third-order valence-corrected chi connectivity index (χ3v) is 3.81. The average molecular weight is 312 g/mol. The van der Waals surface area contributed by atoms with Crippen molar-refractivity contribution in [2.45, 2.75) is 20.3 Å². The highest BCUT2D eigenvalue weighted by Crippen LogP contribution is 2.20. The molecule has 1 amide bonds. The van der Waals surface area contributed by atoms with Gasteiger partial charge in [0.2, 0.25) is 5.91 Å². The molecule has 122 valence electrons. The number of rotatable bonds is 6. The Morgan fingerprint density at radius 2 is 1.78 bits per heavy atom. The first-order valence-corrected chi connectivity index (χ1v) is 7.73. The fraction of sp³-hybridized carbons (Fsp3) is 0.316. The van der Waals surface area contributed by atoms with Crippen LogP contribution in [0.4, 0.5) is 11.4 Å². The van der Waals surface area contributed by atoms with E-state index in [1.165, 1.54) is 5.56 Å². The van der Waals surface area contributed by atoms with Crippen LogP contribution < -0.4 is 15.0 Å². The molecule has 0 saturated carbocycles. The fourth-order valence-electron chi connectivity index (χ4n) is 2.20. The van der Waals surface area contributed by atoms with E-state index in [1.54, 1.807) is 0 Å². The number of ether oxygens (including phenoxy) is 1. The highest BCUT2D eigenvalue weighted by Gasteiger charge is 2.06. The summed E-state index contributed by atoms with van der Waals surface area (Å²) in [5.41, 5.74) is 4.20. The molecule has 2 rings (SSSR count). The van der Waals surface area contributed by atoms with Gasteiger partial charge in [-0.3, -0.25) is 4.79 Å². The maximum atomic E-state index is 12.0. The molecule has 0 radical (unpaired) electrons. The van der Waals surface area contributed by atoms with E-state index >= 15 is 0 Å². The van der Waals surface area contributed by atoms with Gasteiger partial charge in [0.25, 0.3) is 0 Å². The maximum Gasteiger partial charge on any atom is 0.227 e. The van der Waals surface area contributed by atoms with Crippen molar-refractivity contribution < 1.29 is 9.53 Å². The van der Waals surface area contributed by atoms with Gasteiger partial charge in [-0.05, 0) is 55.3 Å². The molecule has 0 aliphatic heterocycles. The number of amides is 1. The molecule has 0 aliphatic rings. The van der Waals surface area contributed by atoms with Gasteiger partial charge in [-0.1, -0.05) is 12.1 Å². The summed E-state index contributed by atoms with van der Waals surface area (Å²) in [7, 11) is 3.97. The van der Waals surface area contributed by atoms with Crippen molar-refractivity contribution in [1.82, 2.24) is 0 Å². The van der Waals surface area contributed by atoms with Crippen LogP contribution in [0.1, 0.15) is 17.5 Å². The summed E-state index contributed by atoms with van der Waals surface area (Å²) in [6, 6.07) is 13.7. The summed E-state index contributed by atoms with van der Waals surface area (Å²) in [4.78, 5) is 14.0. The van der Waals surface area contributed by atoms with Crippen molar-refractivity contribution >= 4 is 17.3 Å². The van der Waals surface area contributed by atoms with Crippen LogP contribution in [-0.2, 0) is 4.79 Å². The van der Waals surface area contributed by atoms with E-state index in [0.717, 1.165) is 22.7 Å². The molecule has 4 heteroatoms. The quantitative estimate of drug-likeness (QED) is 0.882. The van der Waals surface area contributed by atoms with Gasteiger partial charge in [-0.2, -0.15) is 0 Å². The number of nitrogens with zero attached hydrogens (tertiary/aromatic N) is 1. The number of carbonyl (C=O) groups excluding carboxylic acids is 1. The number of carbonyl (C=O) groups is 1. The Balaban J connectivity index is 1.82. The zero-order valence-electron chi connectivity index (χ0n) is 14.2. The van der Waals surface area contributed by atoms with Crippen molar-refractivity contribution in [3.8, 4) is 5.75 Å². The van der Waals surface area contributed by atoms with Crippen LogP contribution in [0.5, 0.6) is 5.75 Å². The minimum absolute atomic E-state index is 0.0482. The lowest BCUT2D eigenvalue weighted by Gasteiger charge is -2.13. The van der Waals surface area contributed by atoms with Crippen molar-refractivity contribution in [3.05, 3.63) is 53.6 Å². The highest BCUT2D eigenvalue weighted by molar-refractivity contribution is 5.90. The molecule has 0 atom stereocenters. The number of anilines is 2. The second kappa shape index (κ2) is 7.68. The van der Waals surface area contributed by atoms with Crippen LogP contribution in [0.25, 0.3) is 0 Å². The van der Waals surface area contributed by atoms with E-state index in [9.17, 15) is 4.79 Å². The third kappa shape index (κ3) is 4.74. The van der Waals surface area contributed by atoms with E-state index in [1.807, 2.05) is 75.3 Å². The zero-order chi connectivity index (χ0) is 16.8. The lowest BCUT2D eigenvalue weighted by atomic mass is 10.1. The monoisotopic (exact) mass is 312 g/mol. The molecule has 2 aromatic carbocycles. The standard InChI is InChI=1S/C19H24N2O2/c1-14-6-5-7-18(15(14)2)23-13-12-19(22)20-16-8-10-17(11-9-16)21(3)4/h5-11H,12-13H2,1-4H3,(H,20,22). The van der Waals surface area contributed by atoms with Gasteiger partial charge in [0, 0.05) is 25.5 Å². The summed E-state index contributed by atoms with van der Waals surface area (Å²) in [6.07, 6.45) is 0.322. The number of aryl methyl sites for hydroxylation is 1. The molecule has 4 nitrogen and oxygen atoms in total. The Morgan fingerprint density at radius 3 is 2.43 bits per heavy atom. The van der Waals surface area contributed by atoms with Crippen LogP contribution in [0.2, 0.25) is 0 Å². The number of benzene rings is 2. The molecule has 0 aromatic heterocycles. The minimum Gasteiger partial charge on any atom is -0.493 e. The molecular weight excluding hydrogens is 288 g/mol. The molecule has 1 N–H and O–H groups in total. The van der Waals surface area contributed by atoms with Gasteiger partial charge < -0.3 is 15.0 Å². The van der Waals surface area contributed by atoms with Crippen molar-refractivity contribution in [2.75, 3.05) is 30.9 Å². The summed E-state index contributed by atoms with van der Waals surface area (Å²) in [6.45, 7) is 4.44. The van der Waals surface area contributed by atoms with Crippen LogP contribution in [0, 0.1) is 13.8 Å². The van der Waals surface area contributed by atoms with Gasteiger partial charge in [0.15, 0.2) is 0 Å². The first-order valence-electron chi connectivity index (χ1n) is 7.73. The van der Waals surface area contributed by atoms with E-state index in [0.29, 0.717) is 13.0 Å². The van der Waals surface area contributed by atoms with Gasteiger partial charge in [-0.25, -0.2) is 0 Å². The van der Waals surface area contributed by atoms with Gasteiger partial charge in [-0.15, -0.1) is 0 Å². The topological polar surface area (TPSA) is 41.6 Å². The molecule has 0 heterocycles. The van der Waals surface area contributed by atoms with Gasteiger partial charge in [0.1, 0.15) is 5.75 Å². The second-order valence-electron chi connectivity index (χ2n) is 5.79. The van der Waals surface area contributed by atoms with Crippen molar-refractivity contribution in [2.24, 2.45) is 0 Å². The zero-order valence-corrected chi connectivity index (χ0v) is 14.2. The molecule has 2 aromatic rings. The molecule has 0 spiro atoms. The Morgan fingerprint density at radius 1 is 1.09 bits per heavy atom. The normalized spacial score (nSPS) is 10.3. The smallest absolute Gasteiger partial charge is 0.227 e. The van der Waals surface area contributed by atoms with Crippen LogP contribution >= 0.6 is 0 Å². The average Bonchev–Trinajstić information content (AvgIpc) is 2.52. The van der Waals surface area contributed by atoms with E-state index in [4.69, 9.17) is 4.74 Å². The van der Waals surface area contributed by atoms with Crippen LogP contribution in [-0.4, -0.2) is 26.6 Å². The lowest BCUT2D eigenvalue weighted by molar-refractivity contribution is -0.116. The van der Waals surface area contributed by atoms with Crippen molar-refractivity contribution in [1.29, 1.82) is 0 Å². The van der Waals surface area contributed by atoms with Crippen molar-refractivity contribution in [3.63, 3.8) is 0 Å². The van der Waals surface area contributed by atoms with E-state index < -0.39 is 0 Å². The Labute approximate surface area is 138 Å². The molecule has 0 aliphatic carbocycles. The molecule has 0 fully saturated rings. The first kappa shape index (κ1) is 16.9. The first-order chi connectivity index (χ1) is 11.0. The molecule has 0 saturated heterocycles. The summed E-state index contributed by atoms with van der Waals surface area (Å²) in [5.74, 6) is 0.793. The maximum absolute atomic E-state index is 12.0.